The number of amides is 3. The molecule has 2 aliphatic rings. The summed E-state index contributed by atoms with van der Waals surface area (Å²) in [6.45, 7) is 3.40. The zero-order chi connectivity index (χ0) is 28.3. The van der Waals surface area contributed by atoms with Crippen LogP contribution in [0.25, 0.3) is 10.8 Å². The Bertz CT molecular complexity index is 1790. The van der Waals surface area contributed by atoms with Gasteiger partial charge < -0.3 is 5.32 Å². The summed E-state index contributed by atoms with van der Waals surface area (Å²) in [5.74, 6) is -2.02. The van der Waals surface area contributed by atoms with Gasteiger partial charge in [0.1, 0.15) is 11.8 Å². The molecule has 1 N–H and O–H groups in total. The van der Waals surface area contributed by atoms with Crippen molar-refractivity contribution in [3.8, 4) is 0 Å². The minimum atomic E-state index is -0.864. The summed E-state index contributed by atoms with van der Waals surface area (Å²) in [5.41, 5.74) is -0.161. The van der Waals surface area contributed by atoms with E-state index in [-0.39, 0.29) is 28.7 Å². The molecule has 2 aliphatic heterocycles. The van der Waals surface area contributed by atoms with Crippen LogP contribution in [-0.2, 0) is 26.3 Å². The predicted octanol–water partition coefficient (Wildman–Crippen LogP) is 4.55. The Kier molecular flexibility index (Phi) is 6.11. The molecule has 0 bridgehead atoms. The Morgan fingerprint density at radius 1 is 1.00 bits per heavy atom. The number of nitro groups is 1. The Morgan fingerprint density at radius 3 is 2.40 bits per heavy atom. The highest BCUT2D eigenvalue weighted by molar-refractivity contribution is 8.00. The molecule has 40 heavy (non-hydrogen) atoms. The van der Waals surface area contributed by atoms with Crippen LogP contribution in [0.4, 0.5) is 17.1 Å². The maximum absolute atomic E-state index is 13.6. The van der Waals surface area contributed by atoms with E-state index in [1.165, 1.54) is 28.8 Å². The lowest BCUT2D eigenvalue weighted by Crippen LogP contribution is -2.41. The largest absolute Gasteiger partial charge is 0.325 e. The number of carbonyl (C=O) groups excluding carboxylic acids is 3. The van der Waals surface area contributed by atoms with E-state index in [0.29, 0.717) is 15.6 Å². The Hall–Kier alpha value is -4.29. The molecule has 1 fully saturated rings. The summed E-state index contributed by atoms with van der Waals surface area (Å²) in [6, 6.07) is 18.6. The second kappa shape index (κ2) is 9.42. The van der Waals surface area contributed by atoms with Crippen molar-refractivity contribution in [1.29, 1.82) is 0 Å². The summed E-state index contributed by atoms with van der Waals surface area (Å²) in [6.07, 6.45) is 0. The van der Waals surface area contributed by atoms with Crippen LogP contribution in [0, 0.1) is 16.0 Å². The fraction of sp³-hybridized carbons (Fsp3) is 0.214. The van der Waals surface area contributed by atoms with E-state index in [9.17, 15) is 29.3 Å². The smallest absolute Gasteiger partial charge is 0.308 e. The molecule has 202 valence electrons. The lowest BCUT2D eigenvalue weighted by Gasteiger charge is -2.36. The van der Waals surface area contributed by atoms with Crippen LogP contribution in [0.15, 0.2) is 76.6 Å². The van der Waals surface area contributed by atoms with Crippen molar-refractivity contribution in [1.82, 2.24) is 4.57 Å². The number of rotatable bonds is 5. The molecule has 1 aromatic heterocycles. The second-order valence-corrected chi connectivity index (χ2v) is 12.3. The molecule has 10 nitrogen and oxygen atoms in total. The van der Waals surface area contributed by atoms with Gasteiger partial charge >= 0.3 is 4.87 Å². The number of carbonyl (C=O) groups is 3. The fourth-order valence-corrected chi connectivity index (χ4v) is 8.39. The van der Waals surface area contributed by atoms with E-state index in [4.69, 9.17) is 0 Å². The van der Waals surface area contributed by atoms with Crippen molar-refractivity contribution in [2.75, 3.05) is 10.2 Å². The molecule has 3 heterocycles. The molecule has 0 radical (unpaired) electrons. The first-order valence-electron chi connectivity index (χ1n) is 12.4. The van der Waals surface area contributed by atoms with Gasteiger partial charge in [0.25, 0.3) is 5.69 Å². The van der Waals surface area contributed by atoms with Crippen molar-refractivity contribution in [3.63, 3.8) is 0 Å². The number of benzene rings is 3. The van der Waals surface area contributed by atoms with Crippen molar-refractivity contribution >= 4 is 68.7 Å². The van der Waals surface area contributed by atoms with Crippen molar-refractivity contribution < 1.29 is 19.3 Å². The molecule has 0 aliphatic carbocycles. The molecule has 4 aromatic rings. The minimum Gasteiger partial charge on any atom is -0.325 e. The third-order valence-electron chi connectivity index (χ3n) is 7.36. The molecule has 3 amide bonds. The summed E-state index contributed by atoms with van der Waals surface area (Å²) < 4.78 is 1.37. The number of aromatic nitrogens is 1. The summed E-state index contributed by atoms with van der Waals surface area (Å²) >= 11 is 2.10. The average Bonchev–Trinajstić information content (AvgIpc) is 3.37. The van der Waals surface area contributed by atoms with Gasteiger partial charge in [0.15, 0.2) is 0 Å². The van der Waals surface area contributed by atoms with Gasteiger partial charge in [-0.25, -0.2) is 4.90 Å². The average molecular weight is 575 g/mol. The number of hydrogen-bond acceptors (Lipinski definition) is 8. The number of imide groups is 1. The van der Waals surface area contributed by atoms with E-state index in [1.54, 1.807) is 6.07 Å². The molecule has 0 spiro atoms. The third kappa shape index (κ3) is 4.11. The van der Waals surface area contributed by atoms with Crippen LogP contribution in [-0.4, -0.2) is 32.5 Å². The summed E-state index contributed by atoms with van der Waals surface area (Å²) in [7, 11) is 0. The van der Waals surface area contributed by atoms with Gasteiger partial charge in [-0.2, -0.15) is 0 Å². The molecule has 1 saturated heterocycles. The summed E-state index contributed by atoms with van der Waals surface area (Å²) in [5, 5.41) is 15.6. The SMILES string of the molecule is CC1(C)c2sc(=O)n(CC(=O)Nc3ccc4ccccc4c3)c2S[C@@H]2C(=O)N(c3ccc([N+](=O)[O-])cc3)C(=O)[C@@H]21. The van der Waals surface area contributed by atoms with E-state index in [0.717, 1.165) is 38.8 Å². The first-order chi connectivity index (χ1) is 19.1. The maximum Gasteiger partial charge on any atom is 0.308 e. The van der Waals surface area contributed by atoms with Gasteiger partial charge in [-0.15, -0.1) is 0 Å². The Labute approximate surface area is 235 Å². The second-order valence-electron chi connectivity index (χ2n) is 10.2. The highest BCUT2D eigenvalue weighted by Gasteiger charge is 2.59. The molecular weight excluding hydrogens is 552 g/mol. The number of thioether (sulfide) groups is 1. The zero-order valence-corrected chi connectivity index (χ0v) is 23.0. The van der Waals surface area contributed by atoms with Gasteiger partial charge in [0, 0.05) is 28.1 Å². The number of hydrogen-bond donors (Lipinski definition) is 1. The molecule has 0 saturated carbocycles. The maximum atomic E-state index is 13.6. The number of fused-ring (bicyclic) bond motifs is 3. The molecule has 2 atom stereocenters. The normalized spacial score (nSPS) is 19.4. The van der Waals surface area contributed by atoms with Gasteiger partial charge in [-0.05, 0) is 35.0 Å². The molecule has 6 rings (SSSR count). The van der Waals surface area contributed by atoms with Gasteiger partial charge in [-0.1, -0.05) is 67.3 Å². The van der Waals surface area contributed by atoms with Gasteiger partial charge in [0.2, 0.25) is 17.7 Å². The number of non-ortho nitro benzene ring substituents is 1. The highest BCUT2D eigenvalue weighted by atomic mass is 32.2. The third-order valence-corrected chi connectivity index (χ3v) is 10.2. The molecule has 3 aromatic carbocycles. The van der Waals surface area contributed by atoms with Gasteiger partial charge in [-0.3, -0.25) is 33.9 Å². The number of nitrogens with one attached hydrogen (secondary N) is 1. The first kappa shape index (κ1) is 26.0. The Balaban J connectivity index is 1.28. The minimum absolute atomic E-state index is 0.150. The topological polar surface area (TPSA) is 132 Å². The number of thiazole rings is 1. The van der Waals surface area contributed by atoms with Crippen LogP contribution in [0.2, 0.25) is 0 Å². The molecular formula is C28H22N4O6S2. The van der Waals surface area contributed by atoms with Crippen molar-refractivity contribution in [2.24, 2.45) is 5.92 Å². The molecule has 12 heteroatoms. The summed E-state index contributed by atoms with van der Waals surface area (Å²) in [4.78, 5) is 65.1. The van der Waals surface area contributed by atoms with Crippen LogP contribution >= 0.6 is 23.1 Å². The first-order valence-corrected chi connectivity index (χ1v) is 14.1. The van der Waals surface area contributed by atoms with E-state index >= 15 is 0 Å². The van der Waals surface area contributed by atoms with Crippen LogP contribution in [0.3, 0.4) is 0 Å². The Morgan fingerprint density at radius 2 is 1.70 bits per heavy atom. The standard InChI is InChI=1S/C28H22N4O6S2/c1-28(2)21-22(25(35)31(24(21)34)18-9-11-19(12-10-18)32(37)38)39-26-23(28)40-27(36)30(26)14-20(33)29-17-8-7-15-5-3-4-6-16(15)13-17/h3-13,21-22H,14H2,1-2H3,(H,29,33)/t21-,22+/m1/s1. The van der Waals surface area contributed by atoms with E-state index in [1.807, 2.05) is 50.2 Å². The monoisotopic (exact) mass is 574 g/mol. The number of nitro benzene ring substituents is 1. The van der Waals surface area contributed by atoms with Crippen LogP contribution in [0.5, 0.6) is 0 Å². The number of anilines is 2. The fourth-order valence-electron chi connectivity index (χ4n) is 5.36. The predicted molar refractivity (Wildman–Crippen MR) is 153 cm³/mol. The van der Waals surface area contributed by atoms with E-state index < -0.39 is 33.3 Å². The highest BCUT2D eigenvalue weighted by Crippen LogP contribution is 2.54. The van der Waals surface area contributed by atoms with Crippen molar-refractivity contribution in [2.45, 2.75) is 36.1 Å². The zero-order valence-electron chi connectivity index (χ0n) is 21.3. The van der Waals surface area contributed by atoms with E-state index in [2.05, 4.69) is 5.32 Å². The van der Waals surface area contributed by atoms with Gasteiger partial charge in [0.05, 0.1) is 21.6 Å². The lowest BCUT2D eigenvalue weighted by molar-refractivity contribution is -0.384. The van der Waals surface area contributed by atoms with Crippen LogP contribution < -0.4 is 15.1 Å². The van der Waals surface area contributed by atoms with Crippen molar-refractivity contribution in [3.05, 3.63) is 91.4 Å². The lowest BCUT2D eigenvalue weighted by atomic mass is 9.76. The quantitative estimate of drug-likeness (QED) is 0.210. The van der Waals surface area contributed by atoms with Crippen LogP contribution in [0.1, 0.15) is 18.7 Å². The molecule has 0 unspecified atom stereocenters. The number of nitrogens with zero attached hydrogens (tertiary/aromatic N) is 3.